The lowest BCUT2D eigenvalue weighted by Crippen LogP contribution is -2.16. The summed E-state index contributed by atoms with van der Waals surface area (Å²) in [6.07, 6.45) is 1.05. The first-order valence-electron chi connectivity index (χ1n) is 5.91. The van der Waals surface area contributed by atoms with Gasteiger partial charge in [0, 0.05) is 16.0 Å². The van der Waals surface area contributed by atoms with Gasteiger partial charge in [-0.1, -0.05) is 15.9 Å². The molecule has 1 aliphatic rings. The van der Waals surface area contributed by atoms with E-state index in [1.54, 1.807) is 0 Å². The number of rotatable bonds is 2. The van der Waals surface area contributed by atoms with Gasteiger partial charge in [-0.2, -0.15) is 0 Å². The van der Waals surface area contributed by atoms with Crippen molar-refractivity contribution in [3.63, 3.8) is 0 Å². The van der Waals surface area contributed by atoms with Crippen molar-refractivity contribution in [3.05, 3.63) is 33.3 Å². The number of hydrogen-bond acceptors (Lipinski definition) is 2. The lowest BCUT2D eigenvalue weighted by molar-refractivity contribution is 0.0877. The van der Waals surface area contributed by atoms with Crippen molar-refractivity contribution in [3.8, 4) is 0 Å². The fourth-order valence-corrected chi connectivity index (χ4v) is 2.72. The van der Waals surface area contributed by atoms with Crippen LogP contribution >= 0.6 is 15.9 Å². The molecule has 1 saturated heterocycles. The number of ketones is 1. The summed E-state index contributed by atoms with van der Waals surface area (Å²) in [6.45, 7) is 6.58. The Morgan fingerprint density at radius 1 is 1.35 bits per heavy atom. The van der Waals surface area contributed by atoms with Crippen molar-refractivity contribution < 1.29 is 9.53 Å². The zero-order valence-corrected chi connectivity index (χ0v) is 12.0. The van der Waals surface area contributed by atoms with Crippen LogP contribution in [0.1, 0.15) is 34.8 Å². The van der Waals surface area contributed by atoms with Crippen LogP contribution in [0.5, 0.6) is 0 Å². The first kappa shape index (κ1) is 12.8. The molecule has 0 amide bonds. The van der Waals surface area contributed by atoms with Gasteiger partial charge >= 0.3 is 0 Å². The second kappa shape index (κ2) is 4.91. The smallest absolute Gasteiger partial charge is 0.168 e. The highest BCUT2D eigenvalue weighted by Crippen LogP contribution is 2.27. The quantitative estimate of drug-likeness (QED) is 0.778. The van der Waals surface area contributed by atoms with Crippen LogP contribution in [0.3, 0.4) is 0 Å². The third kappa shape index (κ3) is 2.61. The summed E-state index contributed by atoms with van der Waals surface area (Å²) in [6, 6.07) is 3.99. The SMILES string of the molecule is Cc1cc(C(=O)C2COC(C)C2)c(C)cc1Br. The van der Waals surface area contributed by atoms with E-state index < -0.39 is 0 Å². The van der Waals surface area contributed by atoms with Crippen LogP contribution in [0.25, 0.3) is 0 Å². The average Bonchev–Trinajstić information content (AvgIpc) is 2.69. The van der Waals surface area contributed by atoms with Crippen molar-refractivity contribution in [2.45, 2.75) is 33.3 Å². The molecule has 1 aromatic rings. The molecule has 1 heterocycles. The molecule has 0 aliphatic carbocycles. The minimum Gasteiger partial charge on any atom is -0.378 e. The van der Waals surface area contributed by atoms with Gasteiger partial charge in [-0.3, -0.25) is 4.79 Å². The highest BCUT2D eigenvalue weighted by atomic mass is 79.9. The number of ether oxygens (including phenoxy) is 1. The number of hydrogen-bond donors (Lipinski definition) is 0. The summed E-state index contributed by atoms with van der Waals surface area (Å²) in [7, 11) is 0. The summed E-state index contributed by atoms with van der Waals surface area (Å²) in [4.78, 5) is 12.4. The highest BCUT2D eigenvalue weighted by Gasteiger charge is 2.29. The molecule has 1 aliphatic heterocycles. The van der Waals surface area contributed by atoms with Crippen molar-refractivity contribution in [1.29, 1.82) is 0 Å². The van der Waals surface area contributed by atoms with E-state index in [4.69, 9.17) is 4.74 Å². The van der Waals surface area contributed by atoms with E-state index in [1.165, 1.54) is 0 Å². The predicted molar refractivity (Wildman–Crippen MR) is 71.5 cm³/mol. The van der Waals surface area contributed by atoms with Gasteiger partial charge in [-0.25, -0.2) is 0 Å². The van der Waals surface area contributed by atoms with Crippen molar-refractivity contribution in [1.82, 2.24) is 0 Å². The Balaban J connectivity index is 2.28. The number of halogens is 1. The number of aryl methyl sites for hydroxylation is 2. The van der Waals surface area contributed by atoms with Gasteiger partial charge in [0.25, 0.3) is 0 Å². The Morgan fingerprint density at radius 2 is 2.06 bits per heavy atom. The molecule has 0 spiro atoms. The van der Waals surface area contributed by atoms with Crippen LogP contribution in [-0.2, 0) is 4.74 Å². The molecule has 0 N–H and O–H groups in total. The Morgan fingerprint density at radius 3 is 2.65 bits per heavy atom. The average molecular weight is 297 g/mol. The molecule has 1 aromatic carbocycles. The third-order valence-electron chi connectivity index (χ3n) is 3.34. The van der Waals surface area contributed by atoms with E-state index in [2.05, 4.69) is 15.9 Å². The van der Waals surface area contributed by atoms with Crippen LogP contribution in [0.2, 0.25) is 0 Å². The second-order valence-electron chi connectivity index (χ2n) is 4.86. The number of benzene rings is 1. The van der Waals surface area contributed by atoms with E-state index in [-0.39, 0.29) is 17.8 Å². The van der Waals surface area contributed by atoms with Crippen LogP contribution in [-0.4, -0.2) is 18.5 Å². The Hall–Kier alpha value is -0.670. The van der Waals surface area contributed by atoms with Crippen LogP contribution in [0.15, 0.2) is 16.6 Å². The van der Waals surface area contributed by atoms with Gasteiger partial charge < -0.3 is 4.74 Å². The van der Waals surface area contributed by atoms with Gasteiger partial charge in [0.05, 0.1) is 12.7 Å². The Labute approximate surface area is 110 Å². The largest absolute Gasteiger partial charge is 0.378 e. The second-order valence-corrected chi connectivity index (χ2v) is 5.71. The molecular weight excluding hydrogens is 280 g/mol. The predicted octanol–water partition coefficient (Wildman–Crippen LogP) is 3.67. The molecule has 2 rings (SSSR count). The maximum Gasteiger partial charge on any atom is 0.168 e. The normalized spacial score (nSPS) is 24.0. The fraction of sp³-hybridized carbons (Fsp3) is 0.500. The topological polar surface area (TPSA) is 26.3 Å². The zero-order valence-electron chi connectivity index (χ0n) is 10.4. The van der Waals surface area contributed by atoms with Crippen LogP contribution < -0.4 is 0 Å². The van der Waals surface area contributed by atoms with Gasteiger partial charge in [-0.05, 0) is 50.5 Å². The third-order valence-corrected chi connectivity index (χ3v) is 4.19. The maximum atomic E-state index is 12.4. The minimum atomic E-state index is 0.0317. The molecule has 0 aromatic heterocycles. The van der Waals surface area contributed by atoms with E-state index >= 15 is 0 Å². The molecule has 92 valence electrons. The van der Waals surface area contributed by atoms with Crippen molar-refractivity contribution in [2.75, 3.05) is 6.61 Å². The van der Waals surface area contributed by atoms with Gasteiger partial charge in [0.2, 0.25) is 0 Å². The first-order chi connectivity index (χ1) is 7.99. The summed E-state index contributed by atoms with van der Waals surface area (Å²) < 4.78 is 6.53. The molecule has 2 atom stereocenters. The van der Waals surface area contributed by atoms with E-state index in [9.17, 15) is 4.79 Å². The molecule has 3 heteroatoms. The number of carbonyl (C=O) groups is 1. The van der Waals surface area contributed by atoms with Gasteiger partial charge in [0.1, 0.15) is 0 Å². The van der Waals surface area contributed by atoms with Crippen LogP contribution in [0, 0.1) is 19.8 Å². The number of Topliss-reactive ketones (excluding diaryl/α,β-unsaturated/α-hetero) is 1. The monoisotopic (exact) mass is 296 g/mol. The maximum absolute atomic E-state index is 12.4. The van der Waals surface area contributed by atoms with Gasteiger partial charge in [-0.15, -0.1) is 0 Å². The molecule has 0 saturated carbocycles. The number of carbonyl (C=O) groups excluding carboxylic acids is 1. The standard InChI is InChI=1S/C14H17BrO2/c1-8-5-13(15)9(2)4-12(8)14(16)11-6-10(3)17-7-11/h4-5,10-11H,6-7H2,1-3H3. The summed E-state index contributed by atoms with van der Waals surface area (Å²) in [5, 5.41) is 0. The molecule has 2 unspecified atom stereocenters. The lowest BCUT2D eigenvalue weighted by Gasteiger charge is -2.11. The summed E-state index contributed by atoms with van der Waals surface area (Å²) in [5.41, 5.74) is 2.98. The molecular formula is C14H17BrO2. The fourth-order valence-electron chi connectivity index (χ4n) is 2.27. The molecule has 1 fully saturated rings. The lowest BCUT2D eigenvalue weighted by atomic mass is 9.92. The van der Waals surface area contributed by atoms with Gasteiger partial charge in [0.15, 0.2) is 5.78 Å². The molecule has 0 radical (unpaired) electrons. The Bertz CT molecular complexity index is 454. The van der Waals surface area contributed by atoms with E-state index in [1.807, 2.05) is 32.9 Å². The van der Waals surface area contributed by atoms with E-state index in [0.717, 1.165) is 27.6 Å². The summed E-state index contributed by atoms with van der Waals surface area (Å²) in [5.74, 6) is 0.256. The highest BCUT2D eigenvalue weighted by molar-refractivity contribution is 9.10. The zero-order chi connectivity index (χ0) is 12.6. The van der Waals surface area contributed by atoms with E-state index in [0.29, 0.717) is 6.61 Å². The molecule has 0 bridgehead atoms. The van der Waals surface area contributed by atoms with Crippen LogP contribution in [0.4, 0.5) is 0 Å². The molecule has 2 nitrogen and oxygen atoms in total. The Kier molecular flexibility index (Phi) is 3.69. The minimum absolute atomic E-state index is 0.0317. The molecule has 17 heavy (non-hydrogen) atoms. The first-order valence-corrected chi connectivity index (χ1v) is 6.71. The van der Waals surface area contributed by atoms with Crippen molar-refractivity contribution in [2.24, 2.45) is 5.92 Å². The summed E-state index contributed by atoms with van der Waals surface area (Å²) >= 11 is 3.49. The van der Waals surface area contributed by atoms with Crippen molar-refractivity contribution >= 4 is 21.7 Å².